The van der Waals surface area contributed by atoms with E-state index in [1.54, 1.807) is 6.92 Å². The Bertz CT molecular complexity index is 520. The molecule has 0 spiro atoms. The van der Waals surface area contributed by atoms with Crippen molar-refractivity contribution in [1.29, 1.82) is 0 Å². The Labute approximate surface area is 112 Å². The van der Waals surface area contributed by atoms with E-state index in [-0.39, 0.29) is 11.8 Å². The van der Waals surface area contributed by atoms with E-state index in [1.807, 2.05) is 0 Å². The third-order valence-electron chi connectivity index (χ3n) is 2.78. The summed E-state index contributed by atoms with van der Waals surface area (Å²) in [6.45, 7) is 2.17. The van der Waals surface area contributed by atoms with Crippen LogP contribution in [0.3, 0.4) is 0 Å². The highest BCUT2D eigenvalue weighted by Crippen LogP contribution is 2.17. The Morgan fingerprint density at radius 1 is 1.32 bits per heavy atom. The van der Waals surface area contributed by atoms with Crippen molar-refractivity contribution in [2.45, 2.75) is 19.4 Å². The molecule has 0 fully saturated rings. The number of sulfonamides is 1. The molecule has 1 rings (SSSR count). The minimum Gasteiger partial charge on any atom is -0.310 e. The number of hydrogen-bond donors (Lipinski definition) is 2. The summed E-state index contributed by atoms with van der Waals surface area (Å²) >= 11 is 0. The van der Waals surface area contributed by atoms with E-state index in [4.69, 9.17) is 0 Å². The molecule has 7 heteroatoms. The topological polar surface area (TPSA) is 58.2 Å². The number of benzene rings is 1. The zero-order valence-electron chi connectivity index (χ0n) is 10.9. The van der Waals surface area contributed by atoms with Gasteiger partial charge in [-0.3, -0.25) is 0 Å². The van der Waals surface area contributed by atoms with Crippen molar-refractivity contribution < 1.29 is 17.2 Å². The summed E-state index contributed by atoms with van der Waals surface area (Å²) < 4.78 is 50.8. The molecular weight excluding hydrogens is 274 g/mol. The second-order valence-electron chi connectivity index (χ2n) is 4.22. The van der Waals surface area contributed by atoms with Gasteiger partial charge in [0.2, 0.25) is 10.0 Å². The van der Waals surface area contributed by atoms with Gasteiger partial charge in [-0.05, 0) is 33.0 Å². The lowest BCUT2D eigenvalue weighted by atomic mass is 10.1. The van der Waals surface area contributed by atoms with E-state index in [1.165, 1.54) is 19.2 Å². The van der Waals surface area contributed by atoms with Crippen LogP contribution < -0.4 is 10.0 Å². The van der Waals surface area contributed by atoms with Crippen LogP contribution in [0.1, 0.15) is 24.9 Å². The summed E-state index contributed by atoms with van der Waals surface area (Å²) in [4.78, 5) is 0. The summed E-state index contributed by atoms with van der Waals surface area (Å²) in [5.74, 6) is -1.22. The highest BCUT2D eigenvalue weighted by molar-refractivity contribution is 7.89. The summed E-state index contributed by atoms with van der Waals surface area (Å²) in [5, 5.41) is 3.00. The maximum absolute atomic E-state index is 13.5. The molecular formula is C12H18F2N2O2S. The minimum atomic E-state index is -3.21. The second kappa shape index (κ2) is 6.93. The van der Waals surface area contributed by atoms with Gasteiger partial charge in [-0.25, -0.2) is 21.9 Å². The first-order valence-corrected chi connectivity index (χ1v) is 7.60. The molecule has 0 bridgehead atoms. The van der Waals surface area contributed by atoms with Crippen molar-refractivity contribution in [3.8, 4) is 0 Å². The minimum absolute atomic E-state index is 0.00905. The summed E-state index contributed by atoms with van der Waals surface area (Å²) in [5.41, 5.74) is 0.359. The Balaban J connectivity index is 2.45. The maximum atomic E-state index is 13.5. The SMILES string of the molecule is CNS(=O)(=O)CCCN[C@@H](C)c1ccc(F)cc1F. The lowest BCUT2D eigenvalue weighted by molar-refractivity contribution is 0.515. The van der Waals surface area contributed by atoms with E-state index < -0.39 is 21.7 Å². The lowest BCUT2D eigenvalue weighted by Crippen LogP contribution is -2.26. The van der Waals surface area contributed by atoms with Crippen LogP contribution in [0.4, 0.5) is 8.78 Å². The zero-order chi connectivity index (χ0) is 14.5. The van der Waals surface area contributed by atoms with Crippen molar-refractivity contribution in [3.63, 3.8) is 0 Å². The van der Waals surface area contributed by atoms with Gasteiger partial charge in [-0.15, -0.1) is 0 Å². The number of rotatable bonds is 7. The van der Waals surface area contributed by atoms with Crippen molar-refractivity contribution in [3.05, 3.63) is 35.4 Å². The normalized spacial score (nSPS) is 13.5. The largest absolute Gasteiger partial charge is 0.310 e. The van der Waals surface area contributed by atoms with Crippen molar-refractivity contribution in [2.75, 3.05) is 19.3 Å². The van der Waals surface area contributed by atoms with Crippen LogP contribution in [-0.4, -0.2) is 27.8 Å². The van der Waals surface area contributed by atoms with Crippen LogP contribution in [0.5, 0.6) is 0 Å². The lowest BCUT2D eigenvalue weighted by Gasteiger charge is -2.15. The van der Waals surface area contributed by atoms with Gasteiger partial charge in [0, 0.05) is 17.7 Å². The molecule has 0 amide bonds. The first-order chi connectivity index (χ1) is 8.85. The molecule has 108 valence electrons. The average Bonchev–Trinajstić information content (AvgIpc) is 2.34. The molecule has 1 atom stereocenters. The predicted octanol–water partition coefficient (Wildman–Crippen LogP) is 1.55. The van der Waals surface area contributed by atoms with Crippen LogP contribution in [0.15, 0.2) is 18.2 Å². The third kappa shape index (κ3) is 5.22. The molecule has 1 aromatic rings. The molecule has 0 aromatic heterocycles. The van der Waals surface area contributed by atoms with Gasteiger partial charge in [0.15, 0.2) is 0 Å². The fourth-order valence-corrected chi connectivity index (χ4v) is 2.37. The Hall–Kier alpha value is -1.05. The third-order valence-corrected chi connectivity index (χ3v) is 4.23. The maximum Gasteiger partial charge on any atom is 0.211 e. The number of hydrogen-bond acceptors (Lipinski definition) is 3. The quantitative estimate of drug-likeness (QED) is 0.750. The summed E-state index contributed by atoms with van der Waals surface area (Å²) in [6, 6.07) is 3.10. The molecule has 0 saturated carbocycles. The van der Waals surface area contributed by atoms with Gasteiger partial charge in [-0.1, -0.05) is 6.07 Å². The van der Waals surface area contributed by atoms with Gasteiger partial charge in [0.1, 0.15) is 11.6 Å². The van der Waals surface area contributed by atoms with Crippen LogP contribution in [-0.2, 0) is 10.0 Å². The monoisotopic (exact) mass is 292 g/mol. The van der Waals surface area contributed by atoms with Crippen LogP contribution in [0.2, 0.25) is 0 Å². The number of nitrogens with one attached hydrogen (secondary N) is 2. The van der Waals surface area contributed by atoms with Crippen LogP contribution >= 0.6 is 0 Å². The fraction of sp³-hybridized carbons (Fsp3) is 0.500. The molecule has 1 aromatic carbocycles. The molecule has 4 nitrogen and oxygen atoms in total. The first-order valence-electron chi connectivity index (χ1n) is 5.95. The van der Waals surface area contributed by atoms with Crippen LogP contribution in [0, 0.1) is 11.6 Å². The smallest absolute Gasteiger partial charge is 0.211 e. The standard InChI is InChI=1S/C12H18F2N2O2S/c1-9(11-5-4-10(13)8-12(11)14)16-6-3-7-19(17,18)15-2/h4-5,8-9,15-16H,3,6-7H2,1-2H3/t9-/m0/s1. The van der Waals surface area contributed by atoms with E-state index >= 15 is 0 Å². The predicted molar refractivity (Wildman–Crippen MR) is 70.2 cm³/mol. The van der Waals surface area contributed by atoms with Crippen molar-refractivity contribution in [1.82, 2.24) is 10.0 Å². The van der Waals surface area contributed by atoms with E-state index in [0.717, 1.165) is 6.07 Å². The second-order valence-corrected chi connectivity index (χ2v) is 6.26. The fourth-order valence-electron chi connectivity index (χ4n) is 1.65. The van der Waals surface area contributed by atoms with Gasteiger partial charge in [0.25, 0.3) is 0 Å². The van der Waals surface area contributed by atoms with Gasteiger partial charge in [0.05, 0.1) is 5.75 Å². The molecule has 0 unspecified atom stereocenters. The van der Waals surface area contributed by atoms with Gasteiger partial charge in [-0.2, -0.15) is 0 Å². The molecule has 0 aliphatic rings. The molecule has 2 N–H and O–H groups in total. The first kappa shape index (κ1) is 16.0. The van der Waals surface area contributed by atoms with Crippen molar-refractivity contribution >= 4 is 10.0 Å². The Morgan fingerprint density at radius 3 is 2.58 bits per heavy atom. The zero-order valence-corrected chi connectivity index (χ0v) is 11.7. The Kier molecular flexibility index (Phi) is 5.84. The molecule has 19 heavy (non-hydrogen) atoms. The van der Waals surface area contributed by atoms with Crippen LogP contribution in [0.25, 0.3) is 0 Å². The van der Waals surface area contributed by atoms with E-state index in [9.17, 15) is 17.2 Å². The molecule has 0 aliphatic carbocycles. The highest BCUT2D eigenvalue weighted by Gasteiger charge is 2.12. The summed E-state index contributed by atoms with van der Waals surface area (Å²) in [7, 11) is -1.85. The van der Waals surface area contributed by atoms with Gasteiger partial charge < -0.3 is 5.32 Å². The molecule has 0 saturated heterocycles. The molecule has 0 aliphatic heterocycles. The highest BCUT2D eigenvalue weighted by atomic mass is 32.2. The van der Waals surface area contributed by atoms with E-state index in [2.05, 4.69) is 10.0 Å². The number of halogens is 2. The van der Waals surface area contributed by atoms with Crippen molar-refractivity contribution in [2.24, 2.45) is 0 Å². The van der Waals surface area contributed by atoms with E-state index in [0.29, 0.717) is 18.5 Å². The molecule has 0 radical (unpaired) electrons. The Morgan fingerprint density at radius 2 is 2.00 bits per heavy atom. The molecule has 0 heterocycles. The summed E-state index contributed by atoms with van der Waals surface area (Å²) in [6.07, 6.45) is 0.413. The van der Waals surface area contributed by atoms with Gasteiger partial charge >= 0.3 is 0 Å². The average molecular weight is 292 g/mol.